The lowest BCUT2D eigenvalue weighted by molar-refractivity contribution is -0.137. The average Bonchev–Trinajstić information content (AvgIpc) is 2.74. The van der Waals surface area contributed by atoms with Crippen LogP contribution in [-0.4, -0.2) is 29.1 Å². The monoisotopic (exact) mass is 442 g/mol. The summed E-state index contributed by atoms with van der Waals surface area (Å²) in [7, 11) is 1.45. The zero-order valence-electron chi connectivity index (χ0n) is 16.9. The Balaban J connectivity index is 1.98. The van der Waals surface area contributed by atoms with Crippen molar-refractivity contribution in [1.82, 2.24) is 10.3 Å². The summed E-state index contributed by atoms with van der Waals surface area (Å²) in [6, 6.07) is 13.1. The van der Waals surface area contributed by atoms with Crippen LogP contribution in [0.15, 0.2) is 54.6 Å². The average molecular weight is 443 g/mol. The van der Waals surface area contributed by atoms with Gasteiger partial charge in [-0.2, -0.15) is 0 Å². The maximum atomic E-state index is 13.8. The summed E-state index contributed by atoms with van der Waals surface area (Å²) in [5, 5.41) is 12.3. The van der Waals surface area contributed by atoms with Crippen LogP contribution < -0.4 is 10.1 Å². The molecule has 31 heavy (non-hydrogen) atoms. The van der Waals surface area contributed by atoms with Gasteiger partial charge in [0.15, 0.2) is 0 Å². The molecule has 0 aliphatic heterocycles. The summed E-state index contributed by atoms with van der Waals surface area (Å²) in [5.41, 5.74) is 2.06. The van der Waals surface area contributed by atoms with E-state index < -0.39 is 23.7 Å². The SMILES string of the molecule is COc1ccc(C(=O)NC(CC(=O)O)c2ccccc2Cl)nc1-c1cc(F)ccc1C. The van der Waals surface area contributed by atoms with Crippen LogP contribution in [-0.2, 0) is 4.79 Å². The fourth-order valence-corrected chi connectivity index (χ4v) is 3.45. The highest BCUT2D eigenvalue weighted by Gasteiger charge is 2.23. The molecule has 0 aliphatic carbocycles. The van der Waals surface area contributed by atoms with E-state index in [1.807, 2.05) is 0 Å². The van der Waals surface area contributed by atoms with Crippen molar-refractivity contribution in [2.75, 3.05) is 7.11 Å². The van der Waals surface area contributed by atoms with Gasteiger partial charge in [-0.1, -0.05) is 35.9 Å². The number of carboxylic acids is 1. The van der Waals surface area contributed by atoms with E-state index in [1.165, 1.54) is 25.3 Å². The smallest absolute Gasteiger partial charge is 0.305 e. The second kappa shape index (κ2) is 9.57. The molecule has 0 saturated carbocycles. The molecule has 8 heteroatoms. The van der Waals surface area contributed by atoms with Crippen LogP contribution in [0.1, 0.15) is 34.1 Å². The molecule has 1 aromatic heterocycles. The van der Waals surface area contributed by atoms with Crippen LogP contribution in [0.25, 0.3) is 11.3 Å². The molecule has 6 nitrogen and oxygen atoms in total. The van der Waals surface area contributed by atoms with E-state index in [4.69, 9.17) is 16.3 Å². The number of aliphatic carboxylic acids is 1. The van der Waals surface area contributed by atoms with Gasteiger partial charge in [0, 0.05) is 10.6 Å². The zero-order chi connectivity index (χ0) is 22.5. The number of benzene rings is 2. The maximum Gasteiger partial charge on any atom is 0.305 e. The van der Waals surface area contributed by atoms with Gasteiger partial charge in [-0.3, -0.25) is 9.59 Å². The maximum absolute atomic E-state index is 13.8. The molecule has 160 valence electrons. The molecule has 1 atom stereocenters. The van der Waals surface area contributed by atoms with Crippen LogP contribution in [0.4, 0.5) is 4.39 Å². The first-order chi connectivity index (χ1) is 14.8. The van der Waals surface area contributed by atoms with E-state index in [0.29, 0.717) is 27.6 Å². The molecule has 0 aliphatic rings. The van der Waals surface area contributed by atoms with E-state index in [0.717, 1.165) is 5.56 Å². The van der Waals surface area contributed by atoms with Gasteiger partial charge in [0.2, 0.25) is 0 Å². The lowest BCUT2D eigenvalue weighted by Crippen LogP contribution is -2.31. The van der Waals surface area contributed by atoms with Crippen LogP contribution in [0, 0.1) is 12.7 Å². The molecule has 3 rings (SSSR count). The number of pyridine rings is 1. The van der Waals surface area contributed by atoms with Gasteiger partial charge in [0.05, 0.1) is 19.6 Å². The summed E-state index contributed by atoms with van der Waals surface area (Å²) in [5.74, 6) is -1.76. The zero-order valence-corrected chi connectivity index (χ0v) is 17.6. The number of hydrogen-bond donors (Lipinski definition) is 2. The molecule has 2 N–H and O–H groups in total. The van der Waals surface area contributed by atoms with Gasteiger partial charge >= 0.3 is 5.97 Å². The number of amides is 1. The molecule has 3 aromatic rings. The third kappa shape index (κ3) is 5.19. The fraction of sp³-hybridized carbons (Fsp3) is 0.174. The van der Waals surface area contributed by atoms with E-state index in [-0.39, 0.29) is 12.1 Å². The van der Waals surface area contributed by atoms with Gasteiger partial charge in [0.25, 0.3) is 5.91 Å². The predicted octanol–water partition coefficient (Wildman–Crippen LogP) is 4.80. The minimum absolute atomic E-state index is 0.0295. The van der Waals surface area contributed by atoms with Crippen molar-refractivity contribution in [3.63, 3.8) is 0 Å². The topological polar surface area (TPSA) is 88.5 Å². The first-order valence-electron chi connectivity index (χ1n) is 9.38. The van der Waals surface area contributed by atoms with Crippen molar-refractivity contribution < 1.29 is 23.8 Å². The number of halogens is 2. The highest BCUT2D eigenvalue weighted by molar-refractivity contribution is 6.31. The number of carbonyl (C=O) groups excluding carboxylic acids is 1. The summed E-state index contributed by atoms with van der Waals surface area (Å²) in [6.07, 6.45) is -0.360. The first kappa shape index (κ1) is 22.2. The predicted molar refractivity (Wildman–Crippen MR) is 115 cm³/mol. The number of aromatic nitrogens is 1. The molecular weight excluding hydrogens is 423 g/mol. The highest BCUT2D eigenvalue weighted by Crippen LogP contribution is 2.31. The number of carbonyl (C=O) groups is 2. The highest BCUT2D eigenvalue weighted by atomic mass is 35.5. The summed E-state index contributed by atoms with van der Waals surface area (Å²) in [4.78, 5) is 28.7. The van der Waals surface area contributed by atoms with Crippen molar-refractivity contribution in [1.29, 1.82) is 0 Å². The fourth-order valence-electron chi connectivity index (χ4n) is 3.18. The van der Waals surface area contributed by atoms with Crippen molar-refractivity contribution in [3.05, 3.63) is 82.3 Å². The number of ether oxygens (including phenoxy) is 1. The normalized spacial score (nSPS) is 11.6. The Labute approximate surface area is 183 Å². The molecule has 0 bridgehead atoms. The minimum Gasteiger partial charge on any atom is -0.494 e. The molecule has 1 amide bonds. The summed E-state index contributed by atoms with van der Waals surface area (Å²) >= 11 is 6.20. The van der Waals surface area contributed by atoms with E-state index in [9.17, 15) is 19.1 Å². The van der Waals surface area contributed by atoms with Crippen LogP contribution >= 0.6 is 11.6 Å². The first-order valence-corrected chi connectivity index (χ1v) is 9.76. The number of hydrogen-bond acceptors (Lipinski definition) is 4. The Hall–Kier alpha value is -3.45. The van der Waals surface area contributed by atoms with E-state index in [2.05, 4.69) is 10.3 Å². The van der Waals surface area contributed by atoms with Crippen LogP contribution in [0.3, 0.4) is 0 Å². The Kier molecular flexibility index (Phi) is 6.87. The summed E-state index contributed by atoms with van der Waals surface area (Å²) in [6.45, 7) is 1.79. The van der Waals surface area contributed by atoms with E-state index >= 15 is 0 Å². The summed E-state index contributed by atoms with van der Waals surface area (Å²) < 4.78 is 19.2. The van der Waals surface area contributed by atoms with Crippen molar-refractivity contribution >= 4 is 23.5 Å². The van der Waals surface area contributed by atoms with Gasteiger partial charge < -0.3 is 15.2 Å². The third-order valence-electron chi connectivity index (χ3n) is 4.73. The molecule has 0 fully saturated rings. The molecule has 1 heterocycles. The number of rotatable bonds is 7. The van der Waals surface area contributed by atoms with Crippen LogP contribution in [0.5, 0.6) is 5.75 Å². The van der Waals surface area contributed by atoms with Crippen molar-refractivity contribution in [2.24, 2.45) is 0 Å². The Bertz CT molecular complexity index is 1140. The lowest BCUT2D eigenvalue weighted by Gasteiger charge is -2.19. The molecule has 1 unspecified atom stereocenters. The quantitative estimate of drug-likeness (QED) is 0.548. The Morgan fingerprint density at radius 3 is 2.61 bits per heavy atom. The Morgan fingerprint density at radius 1 is 1.19 bits per heavy atom. The Morgan fingerprint density at radius 2 is 1.94 bits per heavy atom. The molecular formula is C23H20ClFN2O4. The number of carboxylic acid groups (broad SMARTS) is 1. The number of methoxy groups -OCH3 is 1. The van der Waals surface area contributed by atoms with Gasteiger partial charge in [-0.05, 0) is 48.4 Å². The van der Waals surface area contributed by atoms with Crippen LogP contribution in [0.2, 0.25) is 5.02 Å². The standard InChI is InChI=1S/C23H20ClFN2O4/c1-13-7-8-14(25)11-16(13)22-20(31-2)10-9-18(26-22)23(30)27-19(12-21(28)29)15-5-3-4-6-17(15)24/h3-11,19H,12H2,1-2H3,(H,27,30)(H,28,29). The second-order valence-corrected chi connectivity index (χ2v) is 7.26. The number of nitrogens with zero attached hydrogens (tertiary/aromatic N) is 1. The van der Waals surface area contributed by atoms with Gasteiger partial charge in [0.1, 0.15) is 23.0 Å². The number of aryl methyl sites for hydroxylation is 1. The largest absolute Gasteiger partial charge is 0.494 e. The third-order valence-corrected chi connectivity index (χ3v) is 5.07. The second-order valence-electron chi connectivity index (χ2n) is 6.85. The van der Waals surface area contributed by atoms with Crippen molar-refractivity contribution in [2.45, 2.75) is 19.4 Å². The number of nitrogens with one attached hydrogen (secondary N) is 1. The molecule has 0 radical (unpaired) electrons. The van der Waals surface area contributed by atoms with Crippen molar-refractivity contribution in [3.8, 4) is 17.0 Å². The van der Waals surface area contributed by atoms with E-state index in [1.54, 1.807) is 43.3 Å². The molecule has 2 aromatic carbocycles. The minimum atomic E-state index is -1.09. The molecule has 0 saturated heterocycles. The van der Waals surface area contributed by atoms with Gasteiger partial charge in [-0.15, -0.1) is 0 Å². The lowest BCUT2D eigenvalue weighted by atomic mass is 10.0. The van der Waals surface area contributed by atoms with Gasteiger partial charge in [-0.25, -0.2) is 9.37 Å². The molecule has 0 spiro atoms.